The van der Waals surface area contributed by atoms with Crippen LogP contribution in [0.2, 0.25) is 0 Å². The van der Waals surface area contributed by atoms with Crippen molar-refractivity contribution in [2.45, 2.75) is 6.54 Å². The van der Waals surface area contributed by atoms with Crippen molar-refractivity contribution >= 4 is 45.0 Å². The number of hydrogen-bond donors (Lipinski definition) is 2. The number of benzene rings is 3. The zero-order chi connectivity index (χ0) is 20.5. The van der Waals surface area contributed by atoms with Crippen molar-refractivity contribution < 1.29 is 10.1 Å². The molecule has 0 saturated carbocycles. The number of rotatable bonds is 4. The number of hydrogen-bond acceptors (Lipinski definition) is 4. The van der Waals surface area contributed by atoms with Gasteiger partial charge in [-0.15, -0.1) is 0 Å². The Bertz CT molecular complexity index is 1320. The van der Waals surface area contributed by atoms with Gasteiger partial charge in [-0.2, -0.15) is 0 Å². The van der Waals surface area contributed by atoms with Gasteiger partial charge in [-0.3, -0.25) is 4.79 Å². The van der Waals surface area contributed by atoms with Crippen molar-refractivity contribution in [3.05, 3.63) is 91.1 Å². The molecule has 0 fully saturated rings. The molecule has 144 valence electrons. The molecule has 0 amide bonds. The second kappa shape index (κ2) is 7.63. The standard InChI is InChI=1S/C21H16IN4O3/c22-14-9-10-16(23)15(11-14)20-21(27)25(19-8-4-2-6-17(19)24-20)12-13-5-1-3-7-18(13)26(28)29/h1-11H,12,23H2,(H,28,29)/q+1. The van der Waals surface area contributed by atoms with E-state index >= 15 is 0 Å². The minimum atomic E-state index is -0.331. The highest BCUT2D eigenvalue weighted by Gasteiger charge is 2.21. The van der Waals surface area contributed by atoms with Crippen LogP contribution >= 0.6 is 22.6 Å². The summed E-state index contributed by atoms with van der Waals surface area (Å²) in [5, 5.41) is 9.43. The molecule has 0 atom stereocenters. The van der Waals surface area contributed by atoms with Crippen molar-refractivity contribution in [1.29, 1.82) is 0 Å². The summed E-state index contributed by atoms with van der Waals surface area (Å²) in [6.45, 7) is 0.0914. The minimum Gasteiger partial charge on any atom is -0.398 e. The topological polar surface area (TPSA) is 101 Å². The number of halogens is 1. The predicted molar refractivity (Wildman–Crippen MR) is 119 cm³/mol. The van der Waals surface area contributed by atoms with E-state index < -0.39 is 0 Å². The highest BCUT2D eigenvalue weighted by molar-refractivity contribution is 14.1. The van der Waals surface area contributed by atoms with E-state index in [1.807, 2.05) is 30.3 Å². The minimum absolute atomic E-state index is 0.0793. The first-order valence-corrected chi connectivity index (χ1v) is 9.82. The molecule has 8 heteroatoms. The molecular formula is C21H16IN4O3+. The Balaban J connectivity index is 1.99. The fraction of sp³-hybridized carbons (Fsp3) is 0.0476. The largest absolute Gasteiger partial charge is 0.398 e. The lowest BCUT2D eigenvalue weighted by Crippen LogP contribution is -2.25. The van der Waals surface area contributed by atoms with E-state index in [-0.39, 0.29) is 28.4 Å². The van der Waals surface area contributed by atoms with E-state index in [9.17, 15) is 14.9 Å². The zero-order valence-electron chi connectivity index (χ0n) is 15.1. The van der Waals surface area contributed by atoms with Crippen LogP contribution in [0.4, 0.5) is 11.4 Å². The monoisotopic (exact) mass is 499 g/mol. The number of nitrogens with zero attached hydrogens (tertiary/aromatic N) is 3. The number of para-hydroxylation sites is 3. The maximum Gasteiger partial charge on any atom is 0.321 e. The second-order valence-corrected chi connectivity index (χ2v) is 7.72. The quantitative estimate of drug-likeness (QED) is 0.250. The first-order chi connectivity index (χ1) is 14.0. The highest BCUT2D eigenvalue weighted by atomic mass is 127. The van der Waals surface area contributed by atoms with E-state index in [1.165, 1.54) is 6.07 Å². The molecule has 7 nitrogen and oxygen atoms in total. The van der Waals surface area contributed by atoms with Gasteiger partial charge >= 0.3 is 5.69 Å². The van der Waals surface area contributed by atoms with Crippen LogP contribution in [0.5, 0.6) is 0 Å². The lowest BCUT2D eigenvalue weighted by molar-refractivity contribution is -0.730. The number of aromatic nitrogens is 2. The normalized spacial score (nSPS) is 10.9. The summed E-state index contributed by atoms with van der Waals surface area (Å²) in [6.07, 6.45) is 0. The van der Waals surface area contributed by atoms with Gasteiger partial charge in [0.15, 0.2) is 0 Å². The molecule has 0 aliphatic carbocycles. The van der Waals surface area contributed by atoms with Crippen LogP contribution in [0.1, 0.15) is 5.56 Å². The first-order valence-electron chi connectivity index (χ1n) is 8.74. The molecule has 0 saturated heterocycles. The maximum absolute atomic E-state index is 13.4. The van der Waals surface area contributed by atoms with Crippen LogP contribution in [-0.4, -0.2) is 19.7 Å². The molecule has 3 N–H and O–H groups in total. The molecule has 0 bridgehead atoms. The van der Waals surface area contributed by atoms with Gasteiger partial charge in [-0.25, -0.2) is 10.2 Å². The van der Waals surface area contributed by atoms with Gasteiger partial charge in [0, 0.05) is 20.9 Å². The summed E-state index contributed by atoms with van der Waals surface area (Å²) in [4.78, 5) is 29.3. The second-order valence-electron chi connectivity index (χ2n) is 6.47. The summed E-state index contributed by atoms with van der Waals surface area (Å²) < 4.78 is 2.47. The Kier molecular flexibility index (Phi) is 5.01. The van der Waals surface area contributed by atoms with Gasteiger partial charge < -0.3 is 10.3 Å². The summed E-state index contributed by atoms with van der Waals surface area (Å²) in [7, 11) is 0. The number of anilines is 1. The van der Waals surface area contributed by atoms with E-state index in [1.54, 1.807) is 34.9 Å². The summed E-state index contributed by atoms with van der Waals surface area (Å²) in [5.41, 5.74) is 8.88. The molecule has 0 spiro atoms. The summed E-state index contributed by atoms with van der Waals surface area (Å²) >= 11 is 2.16. The van der Waals surface area contributed by atoms with E-state index in [4.69, 9.17) is 5.73 Å². The van der Waals surface area contributed by atoms with Crippen LogP contribution in [0.3, 0.4) is 0 Å². The molecule has 3 aromatic carbocycles. The SMILES string of the molecule is Nc1ccc(I)cc1-c1nc2ccccc2n(Cc2ccccc2[N+](=O)O)c1=O. The van der Waals surface area contributed by atoms with Gasteiger partial charge in [0.2, 0.25) is 0 Å². The third-order valence-electron chi connectivity index (χ3n) is 4.65. The molecule has 1 heterocycles. The smallest absolute Gasteiger partial charge is 0.321 e. The van der Waals surface area contributed by atoms with Gasteiger partial charge in [-0.05, 0) is 52.9 Å². The van der Waals surface area contributed by atoms with Gasteiger partial charge in [0.1, 0.15) is 5.69 Å². The van der Waals surface area contributed by atoms with Crippen molar-refractivity contribution in [2.75, 3.05) is 5.73 Å². The van der Waals surface area contributed by atoms with Gasteiger partial charge in [-0.1, -0.05) is 30.3 Å². The lowest BCUT2D eigenvalue weighted by Gasteiger charge is -2.13. The molecule has 0 radical (unpaired) electrons. The summed E-state index contributed by atoms with van der Waals surface area (Å²) in [6, 6.07) is 19.3. The van der Waals surface area contributed by atoms with Crippen molar-refractivity contribution in [1.82, 2.24) is 9.55 Å². The molecule has 0 aliphatic heterocycles. The van der Waals surface area contributed by atoms with Crippen molar-refractivity contribution in [3.8, 4) is 11.3 Å². The molecule has 1 aromatic heterocycles. The van der Waals surface area contributed by atoms with Crippen molar-refractivity contribution in [2.24, 2.45) is 0 Å². The number of nitrogens with two attached hydrogens (primary N) is 1. The maximum atomic E-state index is 13.4. The first kappa shape index (κ1) is 19.1. The average molecular weight is 499 g/mol. The Labute approximate surface area is 179 Å². The highest BCUT2D eigenvalue weighted by Crippen LogP contribution is 2.26. The lowest BCUT2D eigenvalue weighted by atomic mass is 10.1. The Hall–Kier alpha value is -3.27. The molecule has 4 rings (SSSR count). The zero-order valence-corrected chi connectivity index (χ0v) is 17.3. The predicted octanol–water partition coefficient (Wildman–Crippen LogP) is 4.10. The number of fused-ring (bicyclic) bond motifs is 1. The van der Waals surface area contributed by atoms with E-state index in [0.29, 0.717) is 27.8 Å². The van der Waals surface area contributed by atoms with Gasteiger partial charge in [0.05, 0.1) is 28.0 Å². The third-order valence-corrected chi connectivity index (χ3v) is 5.32. The van der Waals surface area contributed by atoms with Crippen LogP contribution in [0, 0.1) is 8.48 Å². The Morgan fingerprint density at radius 2 is 1.79 bits per heavy atom. The third kappa shape index (κ3) is 3.58. The van der Waals surface area contributed by atoms with Crippen LogP contribution in [-0.2, 0) is 6.54 Å². The molecule has 4 aromatic rings. The van der Waals surface area contributed by atoms with E-state index in [0.717, 1.165) is 3.57 Å². The Morgan fingerprint density at radius 3 is 2.59 bits per heavy atom. The van der Waals surface area contributed by atoms with E-state index in [2.05, 4.69) is 27.6 Å². The van der Waals surface area contributed by atoms with Crippen LogP contribution < -0.4 is 11.3 Å². The van der Waals surface area contributed by atoms with Crippen LogP contribution in [0.15, 0.2) is 71.5 Å². The number of nitrogen functional groups attached to an aromatic ring is 1. The van der Waals surface area contributed by atoms with Crippen molar-refractivity contribution in [3.63, 3.8) is 0 Å². The van der Waals surface area contributed by atoms with Crippen LogP contribution in [0.25, 0.3) is 22.3 Å². The molecule has 0 aliphatic rings. The Morgan fingerprint density at radius 1 is 1.07 bits per heavy atom. The van der Waals surface area contributed by atoms with Gasteiger partial charge in [0.25, 0.3) is 10.5 Å². The fourth-order valence-corrected chi connectivity index (χ4v) is 3.75. The molecule has 29 heavy (non-hydrogen) atoms. The fourth-order valence-electron chi connectivity index (χ4n) is 3.26. The summed E-state index contributed by atoms with van der Waals surface area (Å²) in [5.74, 6) is 0. The molecule has 0 unspecified atom stereocenters. The average Bonchev–Trinajstić information content (AvgIpc) is 2.72. The molecular weight excluding hydrogens is 483 g/mol.